The second kappa shape index (κ2) is 10.2. The van der Waals surface area contributed by atoms with Crippen LogP contribution in [0.3, 0.4) is 0 Å². The number of nitrogens with one attached hydrogen (secondary N) is 1. The van der Waals surface area contributed by atoms with Crippen LogP contribution in [-0.4, -0.2) is 34.1 Å². The van der Waals surface area contributed by atoms with E-state index in [-0.39, 0.29) is 11.4 Å². The zero-order valence-corrected chi connectivity index (χ0v) is 19.9. The van der Waals surface area contributed by atoms with E-state index in [1.807, 2.05) is 24.3 Å². The summed E-state index contributed by atoms with van der Waals surface area (Å²) in [6, 6.07) is 12.8. The van der Waals surface area contributed by atoms with Crippen LogP contribution in [0.5, 0.6) is 11.5 Å². The number of methoxy groups -OCH3 is 1. The number of amides is 1. The van der Waals surface area contributed by atoms with Gasteiger partial charge >= 0.3 is 0 Å². The number of hydrazone groups is 1. The molecule has 0 unspecified atom stereocenters. The third-order valence-electron chi connectivity index (χ3n) is 5.08. The van der Waals surface area contributed by atoms with Crippen molar-refractivity contribution in [3.8, 4) is 11.5 Å². The fourth-order valence-corrected chi connectivity index (χ4v) is 4.41. The molecule has 0 atom stereocenters. The van der Waals surface area contributed by atoms with Gasteiger partial charge in [0, 0.05) is 10.6 Å². The molecule has 33 heavy (non-hydrogen) atoms. The minimum absolute atomic E-state index is 0.0158. The number of nitrogens with zero attached hydrogens (tertiary/aromatic N) is 3. The van der Waals surface area contributed by atoms with E-state index in [0.29, 0.717) is 33.9 Å². The fraction of sp³-hybridized carbons (Fsp3) is 0.250. The smallest absolute Gasteiger partial charge is 0.283 e. The third-order valence-corrected chi connectivity index (χ3v) is 6.42. The lowest BCUT2D eigenvalue weighted by atomic mass is 10.1. The number of halogens is 1. The van der Waals surface area contributed by atoms with Crippen LogP contribution in [0, 0.1) is 5.41 Å². The molecule has 0 fully saturated rings. The molecule has 170 valence electrons. The Morgan fingerprint density at radius 1 is 1.21 bits per heavy atom. The highest BCUT2D eigenvalue weighted by molar-refractivity contribution is 8.26. The first-order chi connectivity index (χ1) is 16.0. The molecule has 2 aromatic rings. The number of amidine groups is 2. The Hall–Kier alpha value is -3.10. The first kappa shape index (κ1) is 23.1. The number of fused-ring (bicyclic) bond motifs is 1. The number of carbonyl (C=O) groups excluding carboxylic acids is 1. The summed E-state index contributed by atoms with van der Waals surface area (Å²) >= 11 is 7.56. The molecule has 7 nitrogen and oxygen atoms in total. The lowest BCUT2D eigenvalue weighted by Crippen LogP contribution is -2.35. The predicted molar refractivity (Wildman–Crippen MR) is 133 cm³/mol. The Labute approximate surface area is 201 Å². The van der Waals surface area contributed by atoms with Crippen molar-refractivity contribution in [1.29, 1.82) is 5.41 Å². The number of aliphatic imine (C=N–C) groups is 1. The van der Waals surface area contributed by atoms with Gasteiger partial charge in [0.15, 0.2) is 17.3 Å². The summed E-state index contributed by atoms with van der Waals surface area (Å²) < 4.78 is 11.4. The van der Waals surface area contributed by atoms with Gasteiger partial charge in [-0.15, -0.1) is 0 Å². The van der Waals surface area contributed by atoms with Gasteiger partial charge in [0.2, 0.25) is 5.17 Å². The van der Waals surface area contributed by atoms with Gasteiger partial charge in [0.1, 0.15) is 11.7 Å². The summed E-state index contributed by atoms with van der Waals surface area (Å²) in [5, 5.41) is 16.4. The summed E-state index contributed by atoms with van der Waals surface area (Å²) in [7, 11) is 1.55. The first-order valence-electron chi connectivity index (χ1n) is 10.5. The highest BCUT2D eigenvalue weighted by Gasteiger charge is 2.35. The molecule has 0 aliphatic carbocycles. The molecule has 1 amide bonds. The number of rotatable bonds is 8. The molecule has 0 bridgehead atoms. The van der Waals surface area contributed by atoms with E-state index in [4.69, 9.17) is 26.5 Å². The number of thioether (sulfide) groups is 1. The van der Waals surface area contributed by atoms with Gasteiger partial charge in [0.25, 0.3) is 5.91 Å². The quantitative estimate of drug-likeness (QED) is 0.485. The van der Waals surface area contributed by atoms with E-state index < -0.39 is 5.91 Å². The van der Waals surface area contributed by atoms with Crippen LogP contribution in [-0.2, 0) is 11.4 Å². The van der Waals surface area contributed by atoms with E-state index >= 15 is 0 Å². The zero-order valence-electron chi connectivity index (χ0n) is 18.3. The normalized spacial score (nSPS) is 16.6. The zero-order chi connectivity index (χ0) is 23.4. The lowest BCUT2D eigenvalue weighted by Gasteiger charge is -2.20. The molecule has 4 rings (SSSR count). The maximum absolute atomic E-state index is 12.6. The van der Waals surface area contributed by atoms with Gasteiger partial charge in [0.05, 0.1) is 12.7 Å². The molecule has 0 radical (unpaired) electrons. The standard InChI is InChI=1S/C24H23ClN4O3S/c1-3-4-9-21-28-29-22(26)17(23(30)27-24(29)33-21)12-15-10-11-19(20(13-15)31-2)32-14-16-7-5-6-8-18(16)25/h5-8,10-13,26H,3-4,9,14H2,1-2H3/b17-12-,26-22?. The highest BCUT2D eigenvalue weighted by Crippen LogP contribution is 2.33. The van der Waals surface area contributed by atoms with Crippen LogP contribution < -0.4 is 9.47 Å². The number of ether oxygens (including phenoxy) is 2. The second-order valence-corrected chi connectivity index (χ2v) is 8.86. The van der Waals surface area contributed by atoms with Crippen LogP contribution in [0.15, 0.2) is 58.1 Å². The van der Waals surface area contributed by atoms with Crippen LogP contribution >= 0.6 is 23.4 Å². The van der Waals surface area contributed by atoms with Crippen molar-refractivity contribution < 1.29 is 14.3 Å². The summed E-state index contributed by atoms with van der Waals surface area (Å²) in [6.07, 6.45) is 4.48. The molecule has 0 saturated carbocycles. The Morgan fingerprint density at radius 2 is 2.03 bits per heavy atom. The molecular formula is C24H23ClN4O3S. The minimum atomic E-state index is -0.455. The Morgan fingerprint density at radius 3 is 2.79 bits per heavy atom. The molecule has 9 heteroatoms. The van der Waals surface area contributed by atoms with Gasteiger partial charge < -0.3 is 9.47 Å². The average molecular weight is 483 g/mol. The Balaban J connectivity index is 1.54. The van der Waals surface area contributed by atoms with Gasteiger partial charge in [-0.05, 0) is 54.4 Å². The third kappa shape index (κ3) is 5.12. The highest BCUT2D eigenvalue weighted by atomic mass is 35.5. The number of benzene rings is 2. The maximum Gasteiger partial charge on any atom is 0.283 e. The van der Waals surface area contributed by atoms with Gasteiger partial charge in [-0.3, -0.25) is 10.2 Å². The van der Waals surface area contributed by atoms with Crippen molar-refractivity contribution in [3.05, 3.63) is 64.2 Å². The number of carbonyl (C=O) groups is 1. The molecular weight excluding hydrogens is 460 g/mol. The predicted octanol–water partition coefficient (Wildman–Crippen LogP) is 5.74. The van der Waals surface area contributed by atoms with E-state index in [0.717, 1.165) is 29.9 Å². The van der Waals surface area contributed by atoms with Crippen molar-refractivity contribution in [2.45, 2.75) is 32.8 Å². The molecule has 2 aliphatic heterocycles. The molecule has 0 spiro atoms. The lowest BCUT2D eigenvalue weighted by molar-refractivity contribution is -0.114. The Bertz CT molecular complexity index is 1190. The van der Waals surface area contributed by atoms with Crippen LogP contribution in [0.1, 0.15) is 37.3 Å². The average Bonchev–Trinajstić information content (AvgIpc) is 3.23. The summed E-state index contributed by atoms with van der Waals surface area (Å²) in [6.45, 7) is 2.40. The number of hydrogen-bond donors (Lipinski definition) is 1. The molecule has 2 aliphatic rings. The molecule has 2 aromatic carbocycles. The van der Waals surface area contributed by atoms with Crippen molar-refractivity contribution >= 4 is 51.4 Å². The monoisotopic (exact) mass is 482 g/mol. The first-order valence-corrected chi connectivity index (χ1v) is 11.7. The van der Waals surface area contributed by atoms with Crippen molar-refractivity contribution in [2.24, 2.45) is 10.1 Å². The van der Waals surface area contributed by atoms with Gasteiger partial charge in [-0.2, -0.15) is 15.1 Å². The summed E-state index contributed by atoms with van der Waals surface area (Å²) in [5.74, 6) is 0.615. The number of hydrogen-bond acceptors (Lipinski definition) is 6. The maximum atomic E-state index is 12.6. The number of unbranched alkanes of at least 4 members (excludes halogenated alkanes) is 1. The van der Waals surface area contributed by atoms with E-state index in [1.54, 1.807) is 31.4 Å². The van der Waals surface area contributed by atoms with Crippen LogP contribution in [0.2, 0.25) is 5.02 Å². The van der Waals surface area contributed by atoms with Gasteiger partial charge in [-0.25, -0.2) is 0 Å². The summed E-state index contributed by atoms with van der Waals surface area (Å²) in [4.78, 5) is 16.8. The SMILES string of the molecule is CCCCC1=NN2C(=N)/C(=C/c3ccc(OCc4ccccc4Cl)c(OC)c3)C(=O)N=C2S1. The molecule has 0 saturated heterocycles. The van der Waals surface area contributed by atoms with Crippen molar-refractivity contribution in [1.82, 2.24) is 5.01 Å². The van der Waals surface area contributed by atoms with E-state index in [9.17, 15) is 4.79 Å². The van der Waals surface area contributed by atoms with Crippen molar-refractivity contribution in [3.63, 3.8) is 0 Å². The van der Waals surface area contributed by atoms with Gasteiger partial charge in [-0.1, -0.05) is 49.2 Å². The van der Waals surface area contributed by atoms with Crippen molar-refractivity contribution in [2.75, 3.05) is 7.11 Å². The minimum Gasteiger partial charge on any atom is -0.493 e. The van der Waals surface area contributed by atoms with E-state index in [2.05, 4.69) is 17.0 Å². The van der Waals surface area contributed by atoms with Crippen LogP contribution in [0.4, 0.5) is 0 Å². The fourth-order valence-electron chi connectivity index (χ4n) is 3.29. The molecule has 0 aromatic heterocycles. The van der Waals surface area contributed by atoms with Crippen LogP contribution in [0.25, 0.3) is 6.08 Å². The molecule has 2 heterocycles. The topological polar surface area (TPSA) is 87.3 Å². The summed E-state index contributed by atoms with van der Waals surface area (Å²) in [5.41, 5.74) is 1.72. The second-order valence-electron chi connectivity index (χ2n) is 7.41. The van der Waals surface area contributed by atoms with E-state index in [1.165, 1.54) is 16.8 Å². The Kier molecular flexibility index (Phi) is 7.15. The largest absolute Gasteiger partial charge is 0.493 e. The molecule has 1 N–H and O–H groups in total.